The molecule has 0 unspecified atom stereocenters. The number of benzene rings is 3. The van der Waals surface area contributed by atoms with Gasteiger partial charge < -0.3 is 0 Å². The summed E-state index contributed by atoms with van der Waals surface area (Å²) in [5.74, 6) is 0. The summed E-state index contributed by atoms with van der Waals surface area (Å²) >= 11 is -3.49. The van der Waals surface area contributed by atoms with E-state index in [1.807, 2.05) is 18.2 Å². The van der Waals surface area contributed by atoms with E-state index in [0.29, 0.717) is 0 Å². The summed E-state index contributed by atoms with van der Waals surface area (Å²) in [4.78, 5) is 0. The molecular formula is C46H64Cl2N2PRu+. The zero-order valence-corrected chi connectivity index (χ0v) is 37.0. The minimum absolute atomic E-state index is 0.0465. The Bertz CT molecular complexity index is 1840. The van der Waals surface area contributed by atoms with Gasteiger partial charge in [0.05, 0.1) is 17.0 Å². The molecule has 0 amide bonds. The summed E-state index contributed by atoms with van der Waals surface area (Å²) in [5, 5.41) is 0. The predicted molar refractivity (Wildman–Crippen MR) is 229 cm³/mol. The van der Waals surface area contributed by atoms with Gasteiger partial charge in [0.15, 0.2) is 0 Å². The van der Waals surface area contributed by atoms with E-state index in [0.717, 1.165) is 21.0 Å². The van der Waals surface area contributed by atoms with Crippen molar-refractivity contribution < 1.29 is 11.9 Å². The number of aryl methyl sites for hydroxylation is 2. The maximum atomic E-state index is 7.33. The number of rotatable bonds is 6. The first kappa shape index (κ1) is 40.0. The Morgan fingerprint density at radius 1 is 0.519 bits per heavy atom. The van der Waals surface area contributed by atoms with Crippen molar-refractivity contribution in [1.29, 1.82) is 0 Å². The molecule has 6 heteroatoms. The molecule has 3 aromatic carbocycles. The van der Waals surface area contributed by atoms with Crippen LogP contribution in [0.2, 0.25) is 0 Å². The van der Waals surface area contributed by atoms with E-state index < -0.39 is 11.9 Å². The van der Waals surface area contributed by atoms with Crippen molar-refractivity contribution in [1.82, 2.24) is 9.13 Å². The molecule has 284 valence electrons. The van der Waals surface area contributed by atoms with Gasteiger partial charge in [0, 0.05) is 7.92 Å². The molecule has 3 fully saturated rings. The van der Waals surface area contributed by atoms with Gasteiger partial charge in [-0.15, -0.1) is 0 Å². The minimum atomic E-state index is -3.49. The van der Waals surface area contributed by atoms with Gasteiger partial charge in [-0.25, -0.2) is 0 Å². The Morgan fingerprint density at radius 2 is 0.904 bits per heavy atom. The van der Waals surface area contributed by atoms with Crippen LogP contribution in [-0.2, 0) is 11.9 Å². The SMILES string of the molecule is C1CCC([PH+](C2CCCCC2)C2CCCCC2)CC1.Cc1ccc(-n2ccn(-c3ccc(C)c(C)c3C)[c]2=[Ru]([Cl])([Cl])=[CH]c2ccccc2)c(C)c1C. The van der Waals surface area contributed by atoms with E-state index in [2.05, 4.69) is 104 Å². The molecule has 1 heterocycles. The van der Waals surface area contributed by atoms with E-state index >= 15 is 0 Å². The van der Waals surface area contributed by atoms with E-state index in [1.54, 1.807) is 96.3 Å². The molecule has 0 saturated heterocycles. The van der Waals surface area contributed by atoms with Crippen LogP contribution in [0.25, 0.3) is 11.4 Å². The third kappa shape index (κ3) is 9.24. The molecule has 3 aliphatic rings. The number of nitrogens with zero attached hydrogens (tertiary/aromatic N) is 2. The first-order valence-corrected chi connectivity index (χ1v) is 28.3. The molecule has 2 nitrogen and oxygen atoms in total. The second-order valence-electron chi connectivity index (χ2n) is 16.1. The fourth-order valence-corrected chi connectivity index (χ4v) is 20.3. The van der Waals surface area contributed by atoms with Gasteiger partial charge in [-0.05, 0) is 77.0 Å². The number of aromatic nitrogens is 2. The van der Waals surface area contributed by atoms with Crippen molar-refractivity contribution in [3.63, 3.8) is 0 Å². The quantitative estimate of drug-likeness (QED) is 0.135. The van der Waals surface area contributed by atoms with Crippen LogP contribution < -0.4 is 0 Å². The Hall–Kier alpha value is -1.63. The third-order valence-electron chi connectivity index (χ3n) is 12.8. The van der Waals surface area contributed by atoms with Crippen molar-refractivity contribution in [2.24, 2.45) is 0 Å². The van der Waals surface area contributed by atoms with Crippen LogP contribution in [0.3, 0.4) is 0 Å². The zero-order valence-electron chi connectivity index (χ0n) is 32.8. The molecule has 0 aliphatic heterocycles. The standard InChI is InChI=1S/C21H24N2.C18H33P.C7H6.2ClH.Ru/c1-14-7-9-20(18(5)16(14)3)22-11-12-23(13-22)21-10-8-15(2)17(4)19(21)6;1-4-10-16(11-5-1)19(17-12-6-2-7-13-17)18-14-8-3-9-15-18;1-7-5-3-2-4-6-7;;;/h7-12H,1-6H3;16-18H,1-15H2;1-6H;2*1H;/q;;;;;+2/p-1. The molecule has 3 aliphatic carbocycles. The molecule has 0 atom stereocenters. The molecule has 3 saturated carbocycles. The first-order chi connectivity index (χ1) is 25.1. The monoisotopic (exact) mass is 847 g/mol. The molecule has 0 spiro atoms. The van der Waals surface area contributed by atoms with E-state index in [9.17, 15) is 0 Å². The van der Waals surface area contributed by atoms with E-state index in [1.165, 1.54) is 50.4 Å². The van der Waals surface area contributed by atoms with Crippen molar-refractivity contribution in [2.75, 3.05) is 0 Å². The molecular weight excluding hydrogens is 783 g/mol. The molecule has 4 aromatic rings. The van der Waals surface area contributed by atoms with Crippen molar-refractivity contribution >= 4 is 31.9 Å². The summed E-state index contributed by atoms with van der Waals surface area (Å²) in [6.07, 6.45) is 28.0. The Morgan fingerprint density at radius 3 is 1.29 bits per heavy atom. The van der Waals surface area contributed by atoms with E-state index in [4.69, 9.17) is 19.4 Å². The fraction of sp³-hybridized carbons (Fsp3) is 0.522. The van der Waals surface area contributed by atoms with Gasteiger partial charge in [0.2, 0.25) is 0 Å². The van der Waals surface area contributed by atoms with Crippen LogP contribution in [0.4, 0.5) is 0 Å². The maximum absolute atomic E-state index is 7.33. The summed E-state index contributed by atoms with van der Waals surface area (Å²) < 4.78 is 7.41. The summed E-state index contributed by atoms with van der Waals surface area (Å²) in [6, 6.07) is 18.8. The van der Waals surface area contributed by atoms with Crippen LogP contribution >= 0.6 is 27.3 Å². The van der Waals surface area contributed by atoms with Gasteiger partial charge >= 0.3 is 208 Å². The second-order valence-corrected chi connectivity index (χ2v) is 28.7. The number of hydrogen-bond acceptors (Lipinski definition) is 0. The second kappa shape index (κ2) is 18.3. The molecule has 52 heavy (non-hydrogen) atoms. The number of hydrogen-bond donors (Lipinski definition) is 0. The normalized spacial score (nSPS) is 18.2. The van der Waals surface area contributed by atoms with Crippen LogP contribution in [0.1, 0.15) is 135 Å². The summed E-state index contributed by atoms with van der Waals surface area (Å²) in [5.41, 5.74) is 14.5. The molecule has 0 bridgehead atoms. The van der Waals surface area contributed by atoms with Crippen LogP contribution in [0.5, 0.6) is 0 Å². The molecule has 0 radical (unpaired) electrons. The van der Waals surface area contributed by atoms with Crippen LogP contribution in [-0.4, -0.2) is 30.7 Å². The van der Waals surface area contributed by atoms with Crippen molar-refractivity contribution in [3.8, 4) is 11.4 Å². The van der Waals surface area contributed by atoms with E-state index in [-0.39, 0.29) is 7.92 Å². The number of imidazole rings is 1. The average Bonchev–Trinajstić information content (AvgIpc) is 3.61. The molecule has 7 rings (SSSR count). The fourth-order valence-electron chi connectivity index (χ4n) is 9.38. The van der Waals surface area contributed by atoms with Crippen molar-refractivity contribution in [3.05, 3.63) is 110 Å². The van der Waals surface area contributed by atoms with Crippen LogP contribution in [0.15, 0.2) is 67.0 Å². The Balaban J connectivity index is 0.000000206. The van der Waals surface area contributed by atoms with Gasteiger partial charge in [-0.2, -0.15) is 0 Å². The topological polar surface area (TPSA) is 9.86 Å². The zero-order chi connectivity index (χ0) is 36.8. The number of halogens is 2. The summed E-state index contributed by atoms with van der Waals surface area (Å²) in [6.45, 7) is 13.0. The summed E-state index contributed by atoms with van der Waals surface area (Å²) in [7, 11) is 14.6. The van der Waals surface area contributed by atoms with Gasteiger partial charge in [0.25, 0.3) is 0 Å². The Labute approximate surface area is 327 Å². The predicted octanol–water partition coefficient (Wildman–Crippen LogP) is 14.2. The molecule has 0 N–H and O–H groups in total. The van der Waals surface area contributed by atoms with Gasteiger partial charge in [0.1, 0.15) is 0 Å². The van der Waals surface area contributed by atoms with Crippen LogP contribution in [0, 0.1) is 45.6 Å². The first-order valence-electron chi connectivity index (χ1n) is 20.2. The Kier molecular flexibility index (Phi) is 14.1. The van der Waals surface area contributed by atoms with Gasteiger partial charge in [-0.1, -0.05) is 19.3 Å². The van der Waals surface area contributed by atoms with Crippen molar-refractivity contribution in [2.45, 2.75) is 155 Å². The average molecular weight is 848 g/mol. The van der Waals surface area contributed by atoms with Gasteiger partial charge in [-0.3, -0.25) is 0 Å². The third-order valence-corrected chi connectivity index (χ3v) is 22.8. The molecule has 1 aromatic heterocycles.